The van der Waals surface area contributed by atoms with Crippen LogP contribution in [0.1, 0.15) is 33.2 Å². The molecule has 0 spiro atoms. The zero-order chi connectivity index (χ0) is 22.1. The molecule has 0 radical (unpaired) electrons. The third kappa shape index (κ3) is 4.08. The van der Waals surface area contributed by atoms with Gasteiger partial charge in [0.2, 0.25) is 5.91 Å². The summed E-state index contributed by atoms with van der Waals surface area (Å²) in [6.45, 7) is 2.83. The van der Waals surface area contributed by atoms with Crippen LogP contribution in [0, 0.1) is 0 Å². The number of hydrogen-bond acceptors (Lipinski definition) is 6. The maximum atomic E-state index is 13.3. The second kappa shape index (κ2) is 8.56. The molecule has 2 aromatic carbocycles. The average molecular weight is 437 g/mol. The van der Waals surface area contributed by atoms with Gasteiger partial charge in [0.15, 0.2) is 5.13 Å². The minimum atomic E-state index is -0.432. The van der Waals surface area contributed by atoms with Crippen LogP contribution in [0.4, 0.5) is 5.13 Å². The number of aromatic nitrogens is 1. The molecule has 0 unspecified atom stereocenters. The van der Waals surface area contributed by atoms with Crippen LogP contribution in [0.3, 0.4) is 0 Å². The van der Waals surface area contributed by atoms with Crippen molar-refractivity contribution < 1.29 is 14.4 Å². The fraction of sp³-hybridized carbons (Fsp3) is 0.304. The summed E-state index contributed by atoms with van der Waals surface area (Å²) in [5, 5.41) is 0.576. The molecule has 1 aromatic heterocycles. The van der Waals surface area contributed by atoms with Gasteiger partial charge in [-0.2, -0.15) is 0 Å². The smallest absolute Gasteiger partial charge is 0.262 e. The van der Waals surface area contributed by atoms with Crippen molar-refractivity contribution in [2.75, 3.05) is 38.6 Å². The number of imide groups is 1. The number of rotatable bonds is 7. The Labute approximate surface area is 184 Å². The molecule has 160 valence electrons. The van der Waals surface area contributed by atoms with E-state index in [-0.39, 0.29) is 12.5 Å². The number of hydrogen-bond donors (Lipinski definition) is 0. The Balaban J connectivity index is 1.61. The molecule has 3 amide bonds. The van der Waals surface area contributed by atoms with Crippen molar-refractivity contribution in [1.29, 1.82) is 0 Å². The van der Waals surface area contributed by atoms with Crippen LogP contribution in [0.25, 0.3) is 10.2 Å². The fourth-order valence-electron chi connectivity index (χ4n) is 3.52. The highest BCUT2D eigenvalue weighted by molar-refractivity contribution is 7.22. The molecule has 0 bridgehead atoms. The number of amides is 3. The lowest BCUT2D eigenvalue weighted by Crippen LogP contribution is -2.45. The molecule has 1 aliphatic rings. The average Bonchev–Trinajstić information content (AvgIpc) is 3.28. The van der Waals surface area contributed by atoms with Crippen LogP contribution in [0.15, 0.2) is 42.5 Å². The highest BCUT2D eigenvalue weighted by Crippen LogP contribution is 2.30. The lowest BCUT2D eigenvalue weighted by molar-refractivity contribution is -0.119. The molecule has 0 atom stereocenters. The molecule has 7 nitrogen and oxygen atoms in total. The van der Waals surface area contributed by atoms with Gasteiger partial charge >= 0.3 is 0 Å². The normalized spacial score (nSPS) is 13.4. The maximum absolute atomic E-state index is 13.3. The molecule has 0 aliphatic carbocycles. The Kier molecular flexibility index (Phi) is 5.84. The molecule has 4 rings (SSSR count). The van der Waals surface area contributed by atoms with Gasteiger partial charge in [0.25, 0.3) is 11.8 Å². The minimum absolute atomic E-state index is 0.310. The number of carbonyl (C=O) groups excluding carboxylic acids is 3. The summed E-state index contributed by atoms with van der Waals surface area (Å²) in [7, 11) is 3.86. The summed E-state index contributed by atoms with van der Waals surface area (Å²) in [5.74, 6) is -1.19. The number of aryl methyl sites for hydroxylation is 1. The van der Waals surface area contributed by atoms with Gasteiger partial charge in [0.1, 0.15) is 6.54 Å². The predicted octanol–water partition coefficient (Wildman–Crippen LogP) is 3.05. The largest absolute Gasteiger partial charge is 0.308 e. The quantitative estimate of drug-likeness (QED) is 0.532. The van der Waals surface area contributed by atoms with E-state index >= 15 is 0 Å². The van der Waals surface area contributed by atoms with E-state index in [0.29, 0.717) is 29.3 Å². The van der Waals surface area contributed by atoms with Crippen LogP contribution in [-0.2, 0) is 11.2 Å². The predicted molar refractivity (Wildman–Crippen MR) is 122 cm³/mol. The zero-order valence-corrected chi connectivity index (χ0v) is 18.6. The van der Waals surface area contributed by atoms with Gasteiger partial charge in [-0.1, -0.05) is 36.5 Å². The number of likely N-dealkylation sites (N-methyl/N-ethyl adjacent to an activating group) is 1. The first kappa shape index (κ1) is 21.1. The third-order valence-corrected chi connectivity index (χ3v) is 6.37. The molecular weight excluding hydrogens is 412 g/mol. The molecule has 0 saturated carbocycles. The number of thiazole rings is 1. The van der Waals surface area contributed by atoms with Gasteiger partial charge < -0.3 is 4.90 Å². The molecule has 0 saturated heterocycles. The number of carbonyl (C=O) groups is 3. The summed E-state index contributed by atoms with van der Waals surface area (Å²) in [5.41, 5.74) is 2.72. The van der Waals surface area contributed by atoms with Gasteiger partial charge in [-0.3, -0.25) is 24.2 Å². The molecule has 8 heteroatoms. The lowest BCUT2D eigenvalue weighted by Gasteiger charge is -2.24. The Bertz CT molecular complexity index is 1140. The molecule has 2 heterocycles. The lowest BCUT2D eigenvalue weighted by atomic mass is 10.1. The SMILES string of the molecule is CCc1ccc2nc(N(CCN(C)C)C(=O)CN3C(=O)c4ccccc4C3=O)sc2c1. The Hall–Kier alpha value is -3.10. The monoisotopic (exact) mass is 436 g/mol. The van der Waals surface area contributed by atoms with E-state index in [1.54, 1.807) is 29.2 Å². The van der Waals surface area contributed by atoms with E-state index in [1.165, 1.54) is 16.9 Å². The first-order chi connectivity index (χ1) is 14.9. The molecule has 0 fully saturated rings. The van der Waals surface area contributed by atoms with Crippen LogP contribution in [-0.4, -0.2) is 66.2 Å². The van der Waals surface area contributed by atoms with Crippen molar-refractivity contribution in [3.8, 4) is 0 Å². The van der Waals surface area contributed by atoms with Crippen LogP contribution < -0.4 is 4.90 Å². The highest BCUT2D eigenvalue weighted by Gasteiger charge is 2.37. The van der Waals surface area contributed by atoms with Crippen molar-refractivity contribution in [3.05, 3.63) is 59.2 Å². The molecule has 31 heavy (non-hydrogen) atoms. The Morgan fingerprint density at radius 1 is 1.03 bits per heavy atom. The van der Waals surface area contributed by atoms with Crippen LogP contribution in [0.5, 0.6) is 0 Å². The van der Waals surface area contributed by atoms with Crippen molar-refractivity contribution in [3.63, 3.8) is 0 Å². The summed E-state index contributed by atoms with van der Waals surface area (Å²) >= 11 is 1.45. The first-order valence-corrected chi connectivity index (χ1v) is 11.0. The third-order valence-electron chi connectivity index (χ3n) is 5.32. The zero-order valence-electron chi connectivity index (χ0n) is 17.8. The van der Waals surface area contributed by atoms with Crippen molar-refractivity contribution in [2.45, 2.75) is 13.3 Å². The molecule has 3 aromatic rings. The minimum Gasteiger partial charge on any atom is -0.308 e. The number of benzene rings is 2. The van der Waals surface area contributed by atoms with E-state index in [4.69, 9.17) is 0 Å². The van der Waals surface area contributed by atoms with E-state index in [2.05, 4.69) is 18.0 Å². The summed E-state index contributed by atoms with van der Waals surface area (Å²) < 4.78 is 1.01. The number of anilines is 1. The van der Waals surface area contributed by atoms with Crippen molar-refractivity contribution >= 4 is 44.4 Å². The second-order valence-corrected chi connectivity index (χ2v) is 8.75. The van der Waals surface area contributed by atoms with E-state index < -0.39 is 11.8 Å². The maximum Gasteiger partial charge on any atom is 0.262 e. The van der Waals surface area contributed by atoms with Crippen LogP contribution in [0.2, 0.25) is 0 Å². The number of fused-ring (bicyclic) bond motifs is 2. The summed E-state index contributed by atoms with van der Waals surface area (Å²) in [6, 6.07) is 12.7. The summed E-state index contributed by atoms with van der Waals surface area (Å²) in [6.07, 6.45) is 0.923. The van der Waals surface area contributed by atoms with E-state index in [0.717, 1.165) is 21.5 Å². The van der Waals surface area contributed by atoms with Gasteiger partial charge in [0.05, 0.1) is 21.3 Å². The molecular formula is C23H24N4O3S. The highest BCUT2D eigenvalue weighted by atomic mass is 32.1. The standard InChI is InChI=1S/C23H24N4O3S/c1-4-15-9-10-18-19(13-15)31-23(24-18)26(12-11-25(2)3)20(28)14-27-21(29)16-7-5-6-8-17(16)22(27)30/h5-10,13H,4,11-12,14H2,1-3H3. The second-order valence-electron chi connectivity index (χ2n) is 7.74. The van der Waals surface area contributed by atoms with Crippen molar-refractivity contribution in [1.82, 2.24) is 14.8 Å². The first-order valence-electron chi connectivity index (χ1n) is 10.2. The molecule has 1 aliphatic heterocycles. The Morgan fingerprint density at radius 2 is 1.71 bits per heavy atom. The summed E-state index contributed by atoms with van der Waals surface area (Å²) in [4.78, 5) is 47.9. The Morgan fingerprint density at radius 3 is 2.32 bits per heavy atom. The molecule has 0 N–H and O–H groups in total. The fourth-order valence-corrected chi connectivity index (χ4v) is 4.60. The van der Waals surface area contributed by atoms with Crippen LogP contribution >= 0.6 is 11.3 Å². The van der Waals surface area contributed by atoms with Gasteiger partial charge in [-0.25, -0.2) is 4.98 Å². The van der Waals surface area contributed by atoms with Gasteiger partial charge in [0, 0.05) is 13.1 Å². The van der Waals surface area contributed by atoms with E-state index in [9.17, 15) is 14.4 Å². The number of nitrogens with zero attached hydrogens (tertiary/aromatic N) is 4. The van der Waals surface area contributed by atoms with Crippen molar-refractivity contribution in [2.24, 2.45) is 0 Å². The van der Waals surface area contributed by atoms with E-state index in [1.807, 2.05) is 31.1 Å². The van der Waals surface area contributed by atoms with Gasteiger partial charge in [-0.15, -0.1) is 0 Å². The topological polar surface area (TPSA) is 73.8 Å². The van der Waals surface area contributed by atoms with Gasteiger partial charge in [-0.05, 0) is 50.3 Å².